The first kappa shape index (κ1) is 16.9. The van der Waals surface area contributed by atoms with Gasteiger partial charge in [0.15, 0.2) is 0 Å². The van der Waals surface area contributed by atoms with Crippen LogP contribution in [0, 0.1) is 5.92 Å². The normalized spacial score (nSPS) is 12.0. The highest BCUT2D eigenvalue weighted by molar-refractivity contribution is 5.79. The second-order valence-electron chi connectivity index (χ2n) is 4.71. The van der Waals surface area contributed by atoms with E-state index >= 15 is 0 Å². The molecule has 0 bridgehead atoms. The summed E-state index contributed by atoms with van der Waals surface area (Å²) in [6.07, 6.45) is 0.0673. The van der Waals surface area contributed by atoms with Gasteiger partial charge in [-0.1, -0.05) is 19.1 Å². The Morgan fingerprint density at radius 3 is 2.33 bits per heavy atom. The summed E-state index contributed by atoms with van der Waals surface area (Å²) in [7, 11) is 1.52. The molecule has 0 aliphatic heterocycles. The maximum Gasteiger partial charge on any atom is 0.387 e. The Morgan fingerprint density at radius 1 is 1.29 bits per heavy atom. The number of alkyl halides is 2. The third-order valence-corrected chi connectivity index (χ3v) is 2.90. The topological polar surface area (TPSA) is 66.8 Å². The number of carbonyl (C=O) groups is 2. The van der Waals surface area contributed by atoms with Crippen LogP contribution in [-0.2, 0) is 16.0 Å². The van der Waals surface area contributed by atoms with E-state index in [2.05, 4.69) is 4.74 Å². The van der Waals surface area contributed by atoms with Crippen molar-refractivity contribution in [3.8, 4) is 5.75 Å². The molecule has 1 aromatic carbocycles. The Hall–Kier alpha value is -2.18. The van der Waals surface area contributed by atoms with Crippen molar-refractivity contribution in [1.82, 2.24) is 4.90 Å². The zero-order valence-electron chi connectivity index (χ0n) is 11.8. The average Bonchev–Trinajstić information content (AvgIpc) is 2.40. The number of nitrogens with zero attached hydrogens (tertiary/aromatic N) is 1. The van der Waals surface area contributed by atoms with Crippen molar-refractivity contribution in [2.75, 3.05) is 13.6 Å². The largest absolute Gasteiger partial charge is 0.481 e. The van der Waals surface area contributed by atoms with Gasteiger partial charge in [0.2, 0.25) is 5.91 Å². The molecule has 0 radical (unpaired) electrons. The van der Waals surface area contributed by atoms with Gasteiger partial charge in [0.05, 0.1) is 12.3 Å². The van der Waals surface area contributed by atoms with Gasteiger partial charge in [0.25, 0.3) is 0 Å². The molecule has 0 aliphatic rings. The summed E-state index contributed by atoms with van der Waals surface area (Å²) in [4.78, 5) is 24.0. The van der Waals surface area contributed by atoms with Crippen LogP contribution in [0.15, 0.2) is 24.3 Å². The van der Waals surface area contributed by atoms with E-state index in [1.165, 1.54) is 43.1 Å². The fraction of sp³-hybridized carbons (Fsp3) is 0.429. The Balaban J connectivity index is 2.56. The van der Waals surface area contributed by atoms with Gasteiger partial charge in [-0.15, -0.1) is 0 Å². The lowest BCUT2D eigenvalue weighted by atomic mass is 10.1. The summed E-state index contributed by atoms with van der Waals surface area (Å²) in [6, 6.07) is 5.75. The molecular weight excluding hydrogens is 284 g/mol. The fourth-order valence-electron chi connectivity index (χ4n) is 1.69. The molecule has 1 unspecified atom stereocenters. The predicted molar refractivity (Wildman–Crippen MR) is 71.2 cm³/mol. The lowest BCUT2D eigenvalue weighted by Crippen LogP contribution is -2.34. The Morgan fingerprint density at radius 2 is 1.86 bits per heavy atom. The standard InChI is InChI=1S/C14H17F2NO4/c1-9(13(19)20)8-17(2)12(18)7-10-3-5-11(6-4-10)21-14(15)16/h3-6,9,14H,7-8H2,1-2H3,(H,19,20). The van der Waals surface area contributed by atoms with Gasteiger partial charge in [0.1, 0.15) is 5.75 Å². The van der Waals surface area contributed by atoms with Crippen molar-refractivity contribution in [2.24, 2.45) is 5.92 Å². The van der Waals surface area contributed by atoms with E-state index in [0.717, 1.165) is 0 Å². The number of ether oxygens (including phenoxy) is 1. The molecule has 1 aromatic rings. The molecule has 0 aromatic heterocycles. The predicted octanol–water partition coefficient (Wildman–Crippen LogP) is 2.01. The molecule has 0 spiro atoms. The zero-order chi connectivity index (χ0) is 16.0. The fourth-order valence-corrected chi connectivity index (χ4v) is 1.69. The third kappa shape index (κ3) is 5.76. The van der Waals surface area contributed by atoms with Crippen LogP contribution in [0.3, 0.4) is 0 Å². The maximum atomic E-state index is 12.0. The van der Waals surface area contributed by atoms with Crippen LogP contribution in [0.4, 0.5) is 8.78 Å². The van der Waals surface area contributed by atoms with Crippen molar-refractivity contribution in [3.63, 3.8) is 0 Å². The van der Waals surface area contributed by atoms with Gasteiger partial charge in [-0.25, -0.2) is 0 Å². The zero-order valence-corrected chi connectivity index (χ0v) is 11.8. The van der Waals surface area contributed by atoms with Gasteiger partial charge >= 0.3 is 12.6 Å². The Bertz CT molecular complexity index is 490. The minimum atomic E-state index is -2.89. The van der Waals surface area contributed by atoms with E-state index in [0.29, 0.717) is 5.56 Å². The summed E-state index contributed by atoms with van der Waals surface area (Å²) >= 11 is 0. The molecule has 1 amide bonds. The average molecular weight is 301 g/mol. The molecule has 0 fully saturated rings. The van der Waals surface area contributed by atoms with E-state index in [4.69, 9.17) is 5.11 Å². The van der Waals surface area contributed by atoms with E-state index in [-0.39, 0.29) is 24.6 Å². The number of rotatable bonds is 7. The highest BCUT2D eigenvalue weighted by atomic mass is 19.3. The second-order valence-corrected chi connectivity index (χ2v) is 4.71. The maximum absolute atomic E-state index is 12.0. The quantitative estimate of drug-likeness (QED) is 0.836. The van der Waals surface area contributed by atoms with Gasteiger partial charge < -0.3 is 14.7 Å². The lowest BCUT2D eigenvalue weighted by molar-refractivity contribution is -0.142. The van der Waals surface area contributed by atoms with Crippen molar-refractivity contribution in [3.05, 3.63) is 29.8 Å². The van der Waals surface area contributed by atoms with Crippen LogP contribution in [0.25, 0.3) is 0 Å². The third-order valence-electron chi connectivity index (χ3n) is 2.90. The van der Waals surface area contributed by atoms with E-state index in [1.807, 2.05) is 0 Å². The minimum absolute atomic E-state index is 0.0223. The van der Waals surface area contributed by atoms with Gasteiger partial charge in [0, 0.05) is 13.6 Å². The SMILES string of the molecule is CC(CN(C)C(=O)Cc1ccc(OC(F)F)cc1)C(=O)O. The monoisotopic (exact) mass is 301 g/mol. The van der Waals surface area contributed by atoms with Crippen molar-refractivity contribution in [2.45, 2.75) is 20.0 Å². The number of carbonyl (C=O) groups excluding carboxylic acids is 1. The summed E-state index contributed by atoms with van der Waals surface area (Å²) in [6.45, 7) is -1.26. The van der Waals surface area contributed by atoms with Crippen LogP contribution in [0.1, 0.15) is 12.5 Å². The summed E-state index contributed by atoms with van der Waals surface area (Å²) < 4.78 is 28.2. The molecule has 0 heterocycles. The Labute approximate surface area is 121 Å². The number of halogens is 2. The van der Waals surface area contributed by atoms with E-state index < -0.39 is 18.5 Å². The molecule has 1 atom stereocenters. The molecule has 5 nitrogen and oxygen atoms in total. The van der Waals surface area contributed by atoms with Crippen LogP contribution >= 0.6 is 0 Å². The van der Waals surface area contributed by atoms with Crippen molar-refractivity contribution < 1.29 is 28.2 Å². The number of carboxylic acid groups (broad SMARTS) is 1. The lowest BCUT2D eigenvalue weighted by Gasteiger charge is -2.19. The molecule has 0 aliphatic carbocycles. The summed E-state index contributed by atoms with van der Waals surface area (Å²) in [5.74, 6) is -1.84. The van der Waals surface area contributed by atoms with Crippen molar-refractivity contribution >= 4 is 11.9 Å². The van der Waals surface area contributed by atoms with Crippen molar-refractivity contribution in [1.29, 1.82) is 0 Å². The number of hydrogen-bond donors (Lipinski definition) is 1. The molecule has 0 saturated carbocycles. The highest BCUT2D eigenvalue weighted by Gasteiger charge is 2.17. The number of amides is 1. The number of carboxylic acids is 1. The number of hydrogen-bond acceptors (Lipinski definition) is 3. The number of benzene rings is 1. The van der Waals surface area contributed by atoms with Crippen LogP contribution in [0.5, 0.6) is 5.75 Å². The van der Waals surface area contributed by atoms with Gasteiger partial charge in [-0.3, -0.25) is 9.59 Å². The Kier molecular flexibility index (Phi) is 6.08. The van der Waals surface area contributed by atoms with Crippen LogP contribution in [-0.4, -0.2) is 42.1 Å². The van der Waals surface area contributed by atoms with Crippen LogP contribution in [0.2, 0.25) is 0 Å². The van der Waals surface area contributed by atoms with Crippen LogP contribution < -0.4 is 4.74 Å². The van der Waals surface area contributed by atoms with Gasteiger partial charge in [-0.2, -0.15) is 8.78 Å². The molecule has 116 valence electrons. The molecule has 21 heavy (non-hydrogen) atoms. The second kappa shape index (κ2) is 7.56. The first-order chi connectivity index (χ1) is 9.79. The molecule has 1 N–H and O–H groups in total. The molecule has 1 rings (SSSR count). The molecule has 7 heteroatoms. The van der Waals surface area contributed by atoms with E-state index in [1.54, 1.807) is 0 Å². The molecule has 0 saturated heterocycles. The number of aliphatic carboxylic acids is 1. The highest BCUT2D eigenvalue weighted by Crippen LogP contribution is 2.15. The summed E-state index contributed by atoms with van der Waals surface area (Å²) in [5.41, 5.74) is 0.636. The van der Waals surface area contributed by atoms with E-state index in [9.17, 15) is 18.4 Å². The van der Waals surface area contributed by atoms with Gasteiger partial charge in [-0.05, 0) is 17.7 Å². The molecular formula is C14H17F2NO4. The first-order valence-electron chi connectivity index (χ1n) is 6.30. The minimum Gasteiger partial charge on any atom is -0.481 e. The number of likely N-dealkylation sites (N-methyl/N-ethyl adjacent to an activating group) is 1. The first-order valence-corrected chi connectivity index (χ1v) is 6.30. The smallest absolute Gasteiger partial charge is 0.387 e. The summed E-state index contributed by atoms with van der Waals surface area (Å²) in [5, 5.41) is 8.79.